The van der Waals surface area contributed by atoms with Crippen LogP contribution in [0.15, 0.2) is 78.9 Å². The molecule has 3 aromatic rings. The Balaban J connectivity index is 1.46. The first-order valence-corrected chi connectivity index (χ1v) is 9.68. The lowest BCUT2D eigenvalue weighted by Gasteiger charge is -2.13. The van der Waals surface area contributed by atoms with Gasteiger partial charge in [-0.15, -0.1) is 0 Å². The molecule has 5 heteroatoms. The number of rotatable bonds is 10. The smallest absolute Gasteiger partial charge is 0.243 e. The van der Waals surface area contributed by atoms with Gasteiger partial charge in [0.25, 0.3) is 0 Å². The summed E-state index contributed by atoms with van der Waals surface area (Å²) in [5.74, 6) is 1.32. The number of hydrogen-bond donors (Lipinski definition) is 2. The fraction of sp³-hybridized carbons (Fsp3) is 0.208. The second-order valence-electron chi connectivity index (χ2n) is 6.56. The molecular formula is C24H26N2O3. The quantitative estimate of drug-likeness (QED) is 0.490. The molecule has 0 unspecified atom stereocenters. The number of methoxy groups -OCH3 is 1. The Kier molecular flexibility index (Phi) is 7.52. The molecule has 0 saturated heterocycles. The fourth-order valence-corrected chi connectivity index (χ4v) is 2.88. The van der Waals surface area contributed by atoms with Crippen LogP contribution in [0.2, 0.25) is 0 Å². The average Bonchev–Trinajstić information content (AvgIpc) is 2.77. The molecule has 29 heavy (non-hydrogen) atoms. The normalized spacial score (nSPS) is 10.2. The van der Waals surface area contributed by atoms with E-state index in [0.717, 1.165) is 24.3 Å². The van der Waals surface area contributed by atoms with Gasteiger partial charge >= 0.3 is 0 Å². The monoisotopic (exact) mass is 390 g/mol. The van der Waals surface area contributed by atoms with Crippen molar-refractivity contribution in [2.75, 3.05) is 30.9 Å². The summed E-state index contributed by atoms with van der Waals surface area (Å²) >= 11 is 0. The van der Waals surface area contributed by atoms with Crippen molar-refractivity contribution < 1.29 is 14.3 Å². The third-order valence-electron chi connectivity index (χ3n) is 4.41. The van der Waals surface area contributed by atoms with E-state index in [0.29, 0.717) is 18.0 Å². The maximum atomic E-state index is 12.3. The molecule has 0 bridgehead atoms. The van der Waals surface area contributed by atoms with Gasteiger partial charge in [-0.05, 0) is 54.8 Å². The Labute approximate surface area is 171 Å². The van der Waals surface area contributed by atoms with E-state index in [-0.39, 0.29) is 12.5 Å². The summed E-state index contributed by atoms with van der Waals surface area (Å²) in [6.07, 6.45) is 1.87. The molecule has 3 rings (SSSR count). The van der Waals surface area contributed by atoms with Crippen LogP contribution < -0.4 is 20.1 Å². The van der Waals surface area contributed by atoms with Crippen LogP contribution in [0.5, 0.6) is 11.5 Å². The molecule has 0 radical (unpaired) electrons. The van der Waals surface area contributed by atoms with Crippen LogP contribution in [0.1, 0.15) is 12.0 Å². The number of carbonyl (C=O) groups excluding carboxylic acids is 1. The predicted octanol–water partition coefficient (Wildman–Crippen LogP) is 4.76. The van der Waals surface area contributed by atoms with Gasteiger partial charge in [0, 0.05) is 5.69 Å². The van der Waals surface area contributed by atoms with Crippen molar-refractivity contribution in [1.29, 1.82) is 0 Å². The van der Waals surface area contributed by atoms with E-state index in [1.165, 1.54) is 5.56 Å². The topological polar surface area (TPSA) is 59.6 Å². The zero-order chi connectivity index (χ0) is 20.3. The fourth-order valence-electron chi connectivity index (χ4n) is 2.88. The number of amides is 1. The van der Waals surface area contributed by atoms with Crippen LogP contribution in [0.3, 0.4) is 0 Å². The SMILES string of the molecule is COc1ccc(NCC(=O)Nc2ccccc2OCCCc2ccccc2)cc1. The zero-order valence-electron chi connectivity index (χ0n) is 16.6. The molecule has 3 aromatic carbocycles. The second kappa shape index (κ2) is 10.8. The molecule has 0 fully saturated rings. The largest absolute Gasteiger partial charge is 0.497 e. The Morgan fingerprint density at radius 1 is 0.897 bits per heavy atom. The van der Waals surface area contributed by atoms with E-state index in [1.807, 2.05) is 66.7 Å². The Hall–Kier alpha value is -3.47. The molecule has 0 atom stereocenters. The van der Waals surface area contributed by atoms with Crippen LogP contribution in [-0.2, 0) is 11.2 Å². The van der Waals surface area contributed by atoms with Crippen molar-refractivity contribution >= 4 is 17.3 Å². The summed E-state index contributed by atoms with van der Waals surface area (Å²) in [4.78, 5) is 12.3. The minimum absolute atomic E-state index is 0.138. The third-order valence-corrected chi connectivity index (χ3v) is 4.41. The predicted molar refractivity (Wildman–Crippen MR) is 117 cm³/mol. The Morgan fingerprint density at radius 2 is 1.62 bits per heavy atom. The van der Waals surface area contributed by atoms with Crippen molar-refractivity contribution in [1.82, 2.24) is 0 Å². The first-order chi connectivity index (χ1) is 14.2. The summed E-state index contributed by atoms with van der Waals surface area (Å²) in [5.41, 5.74) is 2.82. The molecule has 0 spiro atoms. The first-order valence-electron chi connectivity index (χ1n) is 9.68. The summed E-state index contributed by atoms with van der Waals surface area (Å²) < 4.78 is 11.0. The number of ether oxygens (including phenoxy) is 2. The molecule has 0 aliphatic carbocycles. The molecule has 0 heterocycles. The number of para-hydroxylation sites is 2. The molecule has 0 aliphatic rings. The van der Waals surface area contributed by atoms with Gasteiger partial charge in [0.05, 0.1) is 25.9 Å². The summed E-state index contributed by atoms with van der Waals surface area (Å²) in [6.45, 7) is 0.751. The highest BCUT2D eigenvalue weighted by atomic mass is 16.5. The van der Waals surface area contributed by atoms with Crippen LogP contribution in [0, 0.1) is 0 Å². The van der Waals surface area contributed by atoms with Crippen molar-refractivity contribution in [3.8, 4) is 11.5 Å². The number of benzene rings is 3. The molecular weight excluding hydrogens is 364 g/mol. The van der Waals surface area contributed by atoms with Crippen LogP contribution in [0.25, 0.3) is 0 Å². The molecule has 2 N–H and O–H groups in total. The summed E-state index contributed by atoms with van der Waals surface area (Å²) in [5, 5.41) is 6.01. The van der Waals surface area contributed by atoms with E-state index in [9.17, 15) is 4.79 Å². The summed E-state index contributed by atoms with van der Waals surface area (Å²) in [6, 6.07) is 25.3. The van der Waals surface area contributed by atoms with E-state index >= 15 is 0 Å². The van der Waals surface area contributed by atoms with Gasteiger partial charge in [-0.2, -0.15) is 0 Å². The molecule has 150 valence electrons. The van der Waals surface area contributed by atoms with Crippen LogP contribution >= 0.6 is 0 Å². The van der Waals surface area contributed by atoms with Crippen molar-refractivity contribution in [3.63, 3.8) is 0 Å². The van der Waals surface area contributed by atoms with Crippen molar-refractivity contribution in [3.05, 3.63) is 84.4 Å². The van der Waals surface area contributed by atoms with Crippen molar-refractivity contribution in [2.24, 2.45) is 0 Å². The van der Waals surface area contributed by atoms with Gasteiger partial charge in [-0.25, -0.2) is 0 Å². The lowest BCUT2D eigenvalue weighted by molar-refractivity contribution is -0.114. The minimum atomic E-state index is -0.138. The second-order valence-corrected chi connectivity index (χ2v) is 6.56. The van der Waals surface area contributed by atoms with Gasteiger partial charge in [-0.3, -0.25) is 4.79 Å². The molecule has 0 aromatic heterocycles. The maximum absolute atomic E-state index is 12.3. The maximum Gasteiger partial charge on any atom is 0.243 e. The van der Waals surface area contributed by atoms with Gasteiger partial charge in [0.2, 0.25) is 5.91 Å². The Morgan fingerprint density at radius 3 is 2.38 bits per heavy atom. The number of anilines is 2. The number of carbonyl (C=O) groups is 1. The first kappa shape index (κ1) is 20.3. The van der Waals surface area contributed by atoms with E-state index in [1.54, 1.807) is 7.11 Å². The standard InChI is InChI=1S/C24H26N2O3/c1-28-21-15-13-20(14-16-21)25-18-24(27)26-22-11-5-6-12-23(22)29-17-7-10-19-8-3-2-4-9-19/h2-6,8-9,11-16,25H,7,10,17-18H2,1H3,(H,26,27). The van der Waals surface area contributed by atoms with Gasteiger partial charge in [-0.1, -0.05) is 42.5 Å². The molecule has 0 aliphatic heterocycles. The molecule has 5 nitrogen and oxygen atoms in total. The van der Waals surface area contributed by atoms with E-state index in [4.69, 9.17) is 9.47 Å². The van der Waals surface area contributed by atoms with Gasteiger partial charge < -0.3 is 20.1 Å². The Bertz CT molecular complexity index is 896. The minimum Gasteiger partial charge on any atom is -0.497 e. The van der Waals surface area contributed by atoms with Gasteiger partial charge in [0.15, 0.2) is 0 Å². The molecule has 1 amide bonds. The van der Waals surface area contributed by atoms with Crippen molar-refractivity contribution in [2.45, 2.75) is 12.8 Å². The van der Waals surface area contributed by atoms with Gasteiger partial charge in [0.1, 0.15) is 11.5 Å². The summed E-state index contributed by atoms with van der Waals surface area (Å²) in [7, 11) is 1.62. The number of hydrogen-bond acceptors (Lipinski definition) is 4. The number of aryl methyl sites for hydroxylation is 1. The zero-order valence-corrected chi connectivity index (χ0v) is 16.6. The highest BCUT2D eigenvalue weighted by molar-refractivity contribution is 5.95. The highest BCUT2D eigenvalue weighted by Gasteiger charge is 2.08. The van der Waals surface area contributed by atoms with E-state index < -0.39 is 0 Å². The molecule has 0 saturated carbocycles. The van der Waals surface area contributed by atoms with Crippen LogP contribution in [0.4, 0.5) is 11.4 Å². The third kappa shape index (κ3) is 6.57. The average molecular weight is 390 g/mol. The van der Waals surface area contributed by atoms with Crippen LogP contribution in [-0.4, -0.2) is 26.2 Å². The highest BCUT2D eigenvalue weighted by Crippen LogP contribution is 2.24. The van der Waals surface area contributed by atoms with E-state index in [2.05, 4.69) is 22.8 Å². The number of nitrogens with one attached hydrogen (secondary N) is 2. The lowest BCUT2D eigenvalue weighted by atomic mass is 10.1. The lowest BCUT2D eigenvalue weighted by Crippen LogP contribution is -2.22.